The van der Waals surface area contributed by atoms with Gasteiger partial charge in [0.1, 0.15) is 23.8 Å². The van der Waals surface area contributed by atoms with E-state index in [0.717, 1.165) is 4.79 Å². The fourth-order valence-corrected chi connectivity index (χ4v) is 2.38. The highest BCUT2D eigenvalue weighted by atomic mass is 19.1. The third-order valence-electron chi connectivity index (χ3n) is 3.40. The summed E-state index contributed by atoms with van der Waals surface area (Å²) < 4.78 is 13.2. The minimum absolute atomic E-state index is 0.0560. The smallest absolute Gasteiger partial charge is 0.209 e. The second-order valence-corrected chi connectivity index (χ2v) is 4.84. The maximum absolute atomic E-state index is 13.2. The SMILES string of the molecule is Nn1nc(C(=O)CO)c(-c2ccncc2)c1-c1ccc(F)cc1. The summed E-state index contributed by atoms with van der Waals surface area (Å²) in [4.78, 5) is 17.0. The lowest BCUT2D eigenvalue weighted by Gasteiger charge is -2.07. The van der Waals surface area contributed by atoms with E-state index >= 15 is 0 Å². The standard InChI is InChI=1S/C16H13FN4O2/c17-12-3-1-11(2-4-12)16-14(10-5-7-19-8-6-10)15(13(23)9-22)20-21(16)18/h1-8,22H,9,18H2. The van der Waals surface area contributed by atoms with Gasteiger partial charge in [-0.1, -0.05) is 0 Å². The number of carbonyl (C=O) groups is 1. The predicted octanol–water partition coefficient (Wildman–Crippen LogP) is 1.64. The minimum atomic E-state index is -0.683. The number of ketones is 1. The molecule has 0 amide bonds. The number of nitrogen functional groups attached to an aromatic ring is 1. The molecule has 7 heteroatoms. The summed E-state index contributed by atoms with van der Waals surface area (Å²) in [6.45, 7) is -0.683. The van der Waals surface area contributed by atoms with Gasteiger partial charge in [0, 0.05) is 23.5 Å². The summed E-state index contributed by atoms with van der Waals surface area (Å²) in [6, 6.07) is 9.11. The molecule has 2 heterocycles. The van der Waals surface area contributed by atoms with Crippen LogP contribution in [0.5, 0.6) is 0 Å². The molecule has 0 radical (unpaired) electrons. The Labute approximate surface area is 131 Å². The van der Waals surface area contributed by atoms with Crippen molar-refractivity contribution in [1.82, 2.24) is 14.9 Å². The van der Waals surface area contributed by atoms with E-state index in [0.29, 0.717) is 22.4 Å². The van der Waals surface area contributed by atoms with Gasteiger partial charge in [-0.3, -0.25) is 9.78 Å². The first kappa shape index (κ1) is 14.9. The van der Waals surface area contributed by atoms with Crippen LogP contribution in [-0.2, 0) is 0 Å². The molecule has 0 spiro atoms. The van der Waals surface area contributed by atoms with Gasteiger partial charge in [0.15, 0.2) is 0 Å². The van der Waals surface area contributed by atoms with Crippen LogP contribution in [0, 0.1) is 5.82 Å². The molecule has 0 saturated carbocycles. The van der Waals surface area contributed by atoms with Crippen molar-refractivity contribution in [2.24, 2.45) is 0 Å². The van der Waals surface area contributed by atoms with Crippen LogP contribution in [0.3, 0.4) is 0 Å². The molecule has 0 aliphatic heterocycles. The van der Waals surface area contributed by atoms with E-state index in [2.05, 4.69) is 10.1 Å². The van der Waals surface area contributed by atoms with Crippen LogP contribution < -0.4 is 5.84 Å². The van der Waals surface area contributed by atoms with Crippen molar-refractivity contribution >= 4 is 5.78 Å². The predicted molar refractivity (Wildman–Crippen MR) is 82.4 cm³/mol. The number of aliphatic hydroxyl groups excluding tert-OH is 1. The second kappa shape index (κ2) is 5.98. The van der Waals surface area contributed by atoms with Gasteiger partial charge in [-0.15, -0.1) is 5.10 Å². The highest BCUT2D eigenvalue weighted by molar-refractivity contribution is 6.04. The van der Waals surface area contributed by atoms with E-state index in [9.17, 15) is 9.18 Å². The molecule has 0 atom stereocenters. The Morgan fingerprint density at radius 1 is 1.13 bits per heavy atom. The summed E-state index contributed by atoms with van der Waals surface area (Å²) in [6.07, 6.45) is 3.15. The first-order valence-electron chi connectivity index (χ1n) is 6.80. The molecule has 3 N–H and O–H groups in total. The topological polar surface area (TPSA) is 94.0 Å². The highest BCUT2D eigenvalue weighted by Crippen LogP contribution is 2.34. The summed E-state index contributed by atoms with van der Waals surface area (Å²) >= 11 is 0. The molecule has 3 aromatic rings. The Kier molecular flexibility index (Phi) is 3.86. The van der Waals surface area contributed by atoms with Gasteiger partial charge in [-0.25, -0.2) is 4.39 Å². The molecule has 0 fully saturated rings. The molecule has 6 nitrogen and oxygen atoms in total. The van der Waals surface area contributed by atoms with E-state index < -0.39 is 12.4 Å². The van der Waals surface area contributed by atoms with Crippen molar-refractivity contribution in [2.45, 2.75) is 0 Å². The van der Waals surface area contributed by atoms with Gasteiger partial charge in [0.2, 0.25) is 5.78 Å². The van der Waals surface area contributed by atoms with Gasteiger partial charge < -0.3 is 10.9 Å². The lowest BCUT2D eigenvalue weighted by Crippen LogP contribution is -2.13. The van der Waals surface area contributed by atoms with Crippen molar-refractivity contribution in [1.29, 1.82) is 0 Å². The van der Waals surface area contributed by atoms with Crippen LogP contribution in [0.4, 0.5) is 4.39 Å². The fraction of sp³-hybridized carbons (Fsp3) is 0.0625. The normalized spacial score (nSPS) is 10.7. The number of pyridine rings is 1. The Bertz CT molecular complexity index is 845. The van der Waals surface area contributed by atoms with Gasteiger partial charge in [0.05, 0.1) is 0 Å². The summed E-state index contributed by atoms with van der Waals surface area (Å²) in [7, 11) is 0. The molecule has 116 valence electrons. The molecule has 1 aromatic carbocycles. The zero-order chi connectivity index (χ0) is 16.4. The van der Waals surface area contributed by atoms with Gasteiger partial charge in [-0.2, -0.15) is 4.79 Å². The number of nitrogens with zero attached hydrogens (tertiary/aromatic N) is 3. The number of hydrogen-bond acceptors (Lipinski definition) is 5. The van der Waals surface area contributed by atoms with Crippen molar-refractivity contribution < 1.29 is 14.3 Å². The second-order valence-electron chi connectivity index (χ2n) is 4.84. The van der Waals surface area contributed by atoms with E-state index in [1.807, 2.05) is 0 Å². The number of benzene rings is 1. The van der Waals surface area contributed by atoms with Gasteiger partial charge in [0.25, 0.3) is 0 Å². The number of aromatic nitrogens is 3. The molecular formula is C16H13FN4O2. The summed E-state index contributed by atoms with van der Waals surface area (Å²) in [5.41, 5.74) is 2.26. The van der Waals surface area contributed by atoms with Crippen LogP contribution in [0.25, 0.3) is 22.4 Å². The van der Waals surface area contributed by atoms with Crippen LogP contribution >= 0.6 is 0 Å². The Morgan fingerprint density at radius 3 is 2.39 bits per heavy atom. The summed E-state index contributed by atoms with van der Waals surface area (Å²) in [5, 5.41) is 13.2. The molecule has 0 aliphatic carbocycles. The number of carbonyl (C=O) groups excluding carboxylic acids is 1. The number of hydrogen-bond donors (Lipinski definition) is 2. The summed E-state index contributed by atoms with van der Waals surface area (Å²) in [5.74, 6) is 4.97. The highest BCUT2D eigenvalue weighted by Gasteiger charge is 2.24. The molecule has 0 unspecified atom stereocenters. The Hall–Kier alpha value is -3.06. The lowest BCUT2D eigenvalue weighted by atomic mass is 9.98. The molecule has 2 aromatic heterocycles. The van der Waals surface area contributed by atoms with Gasteiger partial charge in [-0.05, 0) is 42.0 Å². The van der Waals surface area contributed by atoms with Crippen LogP contribution in [0.15, 0.2) is 48.8 Å². The van der Waals surface area contributed by atoms with Crippen molar-refractivity contribution in [3.8, 4) is 22.4 Å². The average molecular weight is 312 g/mol. The maximum atomic E-state index is 13.2. The molecular weight excluding hydrogens is 299 g/mol. The van der Waals surface area contributed by atoms with E-state index in [1.165, 1.54) is 12.1 Å². The third kappa shape index (κ3) is 2.69. The minimum Gasteiger partial charge on any atom is -0.388 e. The Morgan fingerprint density at radius 2 is 1.78 bits per heavy atom. The molecule has 0 aliphatic rings. The third-order valence-corrected chi connectivity index (χ3v) is 3.40. The largest absolute Gasteiger partial charge is 0.388 e. The fourth-order valence-electron chi connectivity index (χ4n) is 2.38. The van der Waals surface area contributed by atoms with Gasteiger partial charge >= 0.3 is 0 Å². The first-order valence-corrected chi connectivity index (χ1v) is 6.80. The van der Waals surface area contributed by atoms with E-state index in [1.54, 1.807) is 36.7 Å². The van der Waals surface area contributed by atoms with E-state index in [-0.39, 0.29) is 11.5 Å². The number of halogens is 1. The zero-order valence-electron chi connectivity index (χ0n) is 12.0. The molecule has 3 rings (SSSR count). The quantitative estimate of drug-likeness (QED) is 0.564. The molecule has 23 heavy (non-hydrogen) atoms. The van der Waals surface area contributed by atoms with Crippen molar-refractivity contribution in [3.63, 3.8) is 0 Å². The van der Waals surface area contributed by atoms with Crippen LogP contribution in [-0.4, -0.2) is 32.4 Å². The zero-order valence-corrected chi connectivity index (χ0v) is 12.0. The monoisotopic (exact) mass is 312 g/mol. The molecule has 0 bridgehead atoms. The Balaban J connectivity index is 2.29. The van der Waals surface area contributed by atoms with Crippen LogP contribution in [0.2, 0.25) is 0 Å². The average Bonchev–Trinajstić information content (AvgIpc) is 2.93. The maximum Gasteiger partial charge on any atom is 0.209 e. The number of nitrogens with two attached hydrogens (primary N) is 1. The van der Waals surface area contributed by atoms with E-state index in [4.69, 9.17) is 10.9 Å². The molecule has 0 saturated heterocycles. The van der Waals surface area contributed by atoms with Crippen molar-refractivity contribution in [2.75, 3.05) is 12.4 Å². The number of rotatable bonds is 4. The van der Waals surface area contributed by atoms with Crippen molar-refractivity contribution in [3.05, 3.63) is 60.3 Å². The number of aliphatic hydroxyl groups is 1. The first-order chi connectivity index (χ1) is 11.1. The lowest BCUT2D eigenvalue weighted by molar-refractivity contribution is 0.0898. The number of Topliss-reactive ketones (excluding diaryl/α,β-unsaturated/α-hetero) is 1. The van der Waals surface area contributed by atoms with Crippen LogP contribution in [0.1, 0.15) is 10.5 Å².